The van der Waals surface area contributed by atoms with Crippen LogP contribution in [0.3, 0.4) is 0 Å². The van der Waals surface area contributed by atoms with Crippen molar-refractivity contribution in [1.29, 1.82) is 0 Å². The summed E-state index contributed by atoms with van der Waals surface area (Å²) in [6.07, 6.45) is 6.61. The Hall–Kier alpha value is -2.01. The van der Waals surface area contributed by atoms with Crippen LogP contribution in [0.1, 0.15) is 31.7 Å². The zero-order valence-electron chi connectivity index (χ0n) is 14.9. The highest BCUT2D eigenvalue weighted by molar-refractivity contribution is 5.92. The minimum atomic E-state index is -0.0428. The first-order valence-corrected chi connectivity index (χ1v) is 8.59. The molecule has 1 saturated heterocycles. The largest absolute Gasteiger partial charge is 0.493 e. The van der Waals surface area contributed by atoms with Gasteiger partial charge in [0.15, 0.2) is 11.5 Å². The summed E-state index contributed by atoms with van der Waals surface area (Å²) < 4.78 is 10.5. The first kappa shape index (κ1) is 18.3. The van der Waals surface area contributed by atoms with Gasteiger partial charge in [0.1, 0.15) is 0 Å². The molecule has 1 aromatic rings. The Morgan fingerprint density at radius 1 is 1.25 bits per heavy atom. The van der Waals surface area contributed by atoms with Gasteiger partial charge in [-0.25, -0.2) is 0 Å². The van der Waals surface area contributed by atoms with E-state index in [0.29, 0.717) is 11.5 Å². The molecule has 1 aromatic carbocycles. The third kappa shape index (κ3) is 5.27. The van der Waals surface area contributed by atoms with Crippen molar-refractivity contribution in [1.82, 2.24) is 10.2 Å². The van der Waals surface area contributed by atoms with Crippen LogP contribution >= 0.6 is 0 Å². The van der Waals surface area contributed by atoms with Gasteiger partial charge in [0.2, 0.25) is 5.91 Å². The molecular formula is C19H28N2O3. The van der Waals surface area contributed by atoms with Crippen molar-refractivity contribution in [3.63, 3.8) is 0 Å². The number of rotatable bonds is 7. The lowest BCUT2D eigenvalue weighted by Gasteiger charge is -2.31. The number of carbonyl (C=O) groups excluding carboxylic acids is 1. The van der Waals surface area contributed by atoms with E-state index in [4.69, 9.17) is 9.47 Å². The van der Waals surface area contributed by atoms with Crippen molar-refractivity contribution >= 4 is 12.0 Å². The number of carbonyl (C=O) groups is 1. The normalized spacial score (nSPS) is 16.3. The molecule has 1 amide bonds. The number of nitrogens with zero attached hydrogens (tertiary/aromatic N) is 1. The molecule has 0 saturated carbocycles. The molecule has 24 heavy (non-hydrogen) atoms. The van der Waals surface area contributed by atoms with Crippen LogP contribution in [0.4, 0.5) is 0 Å². The molecule has 0 atom stereocenters. The van der Waals surface area contributed by atoms with Crippen molar-refractivity contribution in [2.75, 3.05) is 33.9 Å². The predicted molar refractivity (Wildman–Crippen MR) is 96.5 cm³/mol. The fourth-order valence-electron chi connectivity index (χ4n) is 2.99. The third-order valence-electron chi connectivity index (χ3n) is 4.31. The molecular weight excluding hydrogens is 304 g/mol. The van der Waals surface area contributed by atoms with E-state index >= 15 is 0 Å². The molecule has 0 unspecified atom stereocenters. The van der Waals surface area contributed by atoms with Gasteiger partial charge < -0.3 is 19.7 Å². The Morgan fingerprint density at radius 2 is 1.96 bits per heavy atom. The summed E-state index contributed by atoms with van der Waals surface area (Å²) in [6, 6.07) is 5.86. The number of ether oxygens (including phenoxy) is 2. The first-order valence-electron chi connectivity index (χ1n) is 8.59. The number of amides is 1. The first-order chi connectivity index (χ1) is 11.7. The van der Waals surface area contributed by atoms with Crippen molar-refractivity contribution in [3.05, 3.63) is 29.8 Å². The maximum Gasteiger partial charge on any atom is 0.244 e. The lowest BCUT2D eigenvalue weighted by molar-refractivity contribution is -0.117. The molecule has 0 bridgehead atoms. The van der Waals surface area contributed by atoms with Gasteiger partial charge in [-0.3, -0.25) is 4.79 Å². The van der Waals surface area contributed by atoms with E-state index in [0.717, 1.165) is 38.0 Å². The zero-order chi connectivity index (χ0) is 17.4. The fraction of sp³-hybridized carbons (Fsp3) is 0.526. The van der Waals surface area contributed by atoms with Crippen LogP contribution in [0.25, 0.3) is 6.08 Å². The van der Waals surface area contributed by atoms with Gasteiger partial charge in [-0.05, 0) is 49.6 Å². The SMILES string of the molecule is CCCN1CCC(NC(=O)/C=C/c2ccc(OC)c(OC)c2)CC1. The molecule has 5 heteroatoms. The summed E-state index contributed by atoms with van der Waals surface area (Å²) in [5, 5.41) is 3.09. The highest BCUT2D eigenvalue weighted by atomic mass is 16.5. The number of hydrogen-bond acceptors (Lipinski definition) is 4. The van der Waals surface area contributed by atoms with E-state index in [2.05, 4.69) is 17.1 Å². The Bertz CT molecular complexity index is 564. The Labute approximate surface area is 144 Å². The molecule has 2 rings (SSSR count). The minimum absolute atomic E-state index is 0.0428. The molecule has 5 nitrogen and oxygen atoms in total. The van der Waals surface area contributed by atoms with E-state index in [1.54, 1.807) is 26.4 Å². The van der Waals surface area contributed by atoms with Crippen LogP contribution in [-0.2, 0) is 4.79 Å². The molecule has 1 N–H and O–H groups in total. The van der Waals surface area contributed by atoms with E-state index in [9.17, 15) is 4.79 Å². The lowest BCUT2D eigenvalue weighted by Crippen LogP contribution is -2.44. The van der Waals surface area contributed by atoms with E-state index in [1.165, 1.54) is 6.42 Å². The molecule has 0 radical (unpaired) electrons. The van der Waals surface area contributed by atoms with Gasteiger partial charge in [0.25, 0.3) is 0 Å². The monoisotopic (exact) mass is 332 g/mol. The maximum absolute atomic E-state index is 12.1. The van der Waals surface area contributed by atoms with Gasteiger partial charge in [-0.2, -0.15) is 0 Å². The lowest BCUT2D eigenvalue weighted by atomic mass is 10.0. The highest BCUT2D eigenvalue weighted by Gasteiger charge is 2.19. The quantitative estimate of drug-likeness (QED) is 0.780. The van der Waals surface area contributed by atoms with Crippen molar-refractivity contribution in [3.8, 4) is 11.5 Å². The summed E-state index contributed by atoms with van der Waals surface area (Å²) in [5.41, 5.74) is 0.903. The third-order valence-corrected chi connectivity index (χ3v) is 4.31. The van der Waals surface area contributed by atoms with E-state index < -0.39 is 0 Å². The minimum Gasteiger partial charge on any atom is -0.493 e. The van der Waals surface area contributed by atoms with Gasteiger partial charge in [0, 0.05) is 25.2 Å². The number of hydrogen-bond donors (Lipinski definition) is 1. The second-order valence-electron chi connectivity index (χ2n) is 6.07. The van der Waals surface area contributed by atoms with Crippen molar-refractivity contribution in [2.24, 2.45) is 0 Å². The van der Waals surface area contributed by atoms with Gasteiger partial charge in [-0.15, -0.1) is 0 Å². The molecule has 132 valence electrons. The number of benzene rings is 1. The summed E-state index contributed by atoms with van der Waals surface area (Å²) in [7, 11) is 3.20. The predicted octanol–water partition coefficient (Wildman–Crippen LogP) is 2.71. The van der Waals surface area contributed by atoms with Gasteiger partial charge in [-0.1, -0.05) is 13.0 Å². The van der Waals surface area contributed by atoms with Gasteiger partial charge >= 0.3 is 0 Å². The topological polar surface area (TPSA) is 50.8 Å². The second-order valence-corrected chi connectivity index (χ2v) is 6.07. The fourth-order valence-corrected chi connectivity index (χ4v) is 2.99. The molecule has 1 heterocycles. The highest BCUT2D eigenvalue weighted by Crippen LogP contribution is 2.27. The number of likely N-dealkylation sites (tertiary alicyclic amines) is 1. The number of methoxy groups -OCH3 is 2. The number of piperidine rings is 1. The molecule has 1 aliphatic rings. The molecule has 0 aromatic heterocycles. The molecule has 1 aliphatic heterocycles. The van der Waals surface area contributed by atoms with E-state index in [1.807, 2.05) is 18.2 Å². The molecule has 0 spiro atoms. The van der Waals surface area contributed by atoms with Crippen LogP contribution < -0.4 is 14.8 Å². The Kier molecular flexibility index (Phi) is 7.12. The second kappa shape index (κ2) is 9.33. The van der Waals surface area contributed by atoms with Crippen molar-refractivity contribution in [2.45, 2.75) is 32.2 Å². The summed E-state index contributed by atoms with van der Waals surface area (Å²) >= 11 is 0. The average Bonchev–Trinajstić information content (AvgIpc) is 2.61. The summed E-state index contributed by atoms with van der Waals surface area (Å²) in [6.45, 7) is 5.49. The molecule has 1 fully saturated rings. The number of nitrogens with one attached hydrogen (secondary N) is 1. The summed E-state index contributed by atoms with van der Waals surface area (Å²) in [5.74, 6) is 1.29. The zero-order valence-corrected chi connectivity index (χ0v) is 14.9. The smallest absolute Gasteiger partial charge is 0.244 e. The van der Waals surface area contributed by atoms with Gasteiger partial charge in [0.05, 0.1) is 14.2 Å². The van der Waals surface area contributed by atoms with Crippen LogP contribution in [0, 0.1) is 0 Å². The van der Waals surface area contributed by atoms with E-state index in [-0.39, 0.29) is 11.9 Å². The Balaban J connectivity index is 1.85. The average molecular weight is 332 g/mol. The Morgan fingerprint density at radius 3 is 2.58 bits per heavy atom. The van der Waals surface area contributed by atoms with Crippen LogP contribution in [0.2, 0.25) is 0 Å². The van der Waals surface area contributed by atoms with Crippen LogP contribution in [0.15, 0.2) is 24.3 Å². The standard InChI is InChI=1S/C19H28N2O3/c1-4-11-21-12-9-16(10-13-21)20-19(22)8-6-15-5-7-17(23-2)18(14-15)24-3/h5-8,14,16H,4,9-13H2,1-3H3,(H,20,22)/b8-6+. The van der Waals surface area contributed by atoms with Crippen molar-refractivity contribution < 1.29 is 14.3 Å². The van der Waals surface area contributed by atoms with Crippen LogP contribution in [0.5, 0.6) is 11.5 Å². The maximum atomic E-state index is 12.1. The van der Waals surface area contributed by atoms with Crippen LogP contribution in [-0.4, -0.2) is 50.7 Å². The summed E-state index contributed by atoms with van der Waals surface area (Å²) in [4.78, 5) is 14.6. The molecule has 0 aliphatic carbocycles.